The number of nitrogens with zero attached hydrogens (tertiary/aromatic N) is 1. The van der Waals surface area contributed by atoms with Crippen molar-refractivity contribution in [2.75, 3.05) is 13.1 Å². The van der Waals surface area contributed by atoms with E-state index < -0.39 is 35.8 Å². The molecule has 10 heteroatoms. The quantitative estimate of drug-likeness (QED) is 0.645. The van der Waals surface area contributed by atoms with Gasteiger partial charge in [0.2, 0.25) is 11.8 Å². The predicted octanol–water partition coefficient (Wildman–Crippen LogP) is 0.362. The Bertz CT molecular complexity index is 739. The molecule has 1 fully saturated rings. The number of primary amides is 1. The van der Waals surface area contributed by atoms with E-state index in [1.807, 2.05) is 0 Å². The van der Waals surface area contributed by atoms with Gasteiger partial charge < -0.3 is 16.4 Å². The summed E-state index contributed by atoms with van der Waals surface area (Å²) in [5, 5.41) is 5.31. The molecule has 0 radical (unpaired) electrons. The SMILES string of the molecule is C[C@@]1(c2ccc(Cl)cc2Cl)NC(=O)N(CC(=O)NCC(N)=O)C1=O. The maximum atomic E-state index is 12.6. The average molecular weight is 373 g/mol. The number of carbonyl (C=O) groups is 4. The van der Waals surface area contributed by atoms with Crippen molar-refractivity contribution in [2.45, 2.75) is 12.5 Å². The van der Waals surface area contributed by atoms with Crippen molar-refractivity contribution >= 4 is 47.0 Å². The Morgan fingerprint density at radius 3 is 2.58 bits per heavy atom. The smallest absolute Gasteiger partial charge is 0.325 e. The molecule has 1 heterocycles. The summed E-state index contributed by atoms with van der Waals surface area (Å²) in [7, 11) is 0. The summed E-state index contributed by atoms with van der Waals surface area (Å²) in [6.07, 6.45) is 0. The monoisotopic (exact) mass is 372 g/mol. The van der Waals surface area contributed by atoms with Crippen LogP contribution < -0.4 is 16.4 Å². The van der Waals surface area contributed by atoms with Crippen LogP contribution in [0, 0.1) is 0 Å². The summed E-state index contributed by atoms with van der Waals surface area (Å²) in [5.74, 6) is -2.08. The van der Waals surface area contributed by atoms with Crippen LogP contribution >= 0.6 is 23.2 Å². The second-order valence-corrected chi connectivity index (χ2v) is 6.16. The first kappa shape index (κ1) is 18.0. The summed E-state index contributed by atoms with van der Waals surface area (Å²) in [5.41, 5.74) is 3.84. The van der Waals surface area contributed by atoms with Gasteiger partial charge in [-0.3, -0.25) is 19.3 Å². The van der Waals surface area contributed by atoms with Crippen LogP contribution in [0.3, 0.4) is 0 Å². The van der Waals surface area contributed by atoms with E-state index in [9.17, 15) is 19.2 Å². The molecule has 0 spiro atoms. The van der Waals surface area contributed by atoms with Crippen LogP contribution in [0.5, 0.6) is 0 Å². The van der Waals surface area contributed by atoms with Crippen molar-refractivity contribution in [1.29, 1.82) is 0 Å². The largest absolute Gasteiger partial charge is 0.368 e. The molecule has 1 saturated heterocycles. The van der Waals surface area contributed by atoms with Gasteiger partial charge in [-0.2, -0.15) is 0 Å². The van der Waals surface area contributed by atoms with E-state index in [1.165, 1.54) is 25.1 Å². The van der Waals surface area contributed by atoms with Gasteiger partial charge in [-0.1, -0.05) is 29.3 Å². The van der Waals surface area contributed by atoms with E-state index in [0.29, 0.717) is 10.6 Å². The highest BCUT2D eigenvalue weighted by Crippen LogP contribution is 2.34. The Labute approximate surface area is 147 Å². The molecule has 0 saturated carbocycles. The summed E-state index contributed by atoms with van der Waals surface area (Å²) in [6, 6.07) is 3.77. The number of hydrogen-bond acceptors (Lipinski definition) is 4. The highest BCUT2D eigenvalue weighted by Gasteiger charge is 2.50. The van der Waals surface area contributed by atoms with Gasteiger partial charge >= 0.3 is 6.03 Å². The number of imide groups is 1. The molecular weight excluding hydrogens is 359 g/mol. The van der Waals surface area contributed by atoms with Crippen molar-refractivity contribution in [1.82, 2.24) is 15.5 Å². The Morgan fingerprint density at radius 1 is 1.33 bits per heavy atom. The first-order valence-electron chi connectivity index (χ1n) is 6.80. The fourth-order valence-corrected chi connectivity index (χ4v) is 2.90. The zero-order valence-electron chi connectivity index (χ0n) is 12.6. The van der Waals surface area contributed by atoms with Gasteiger partial charge in [0.25, 0.3) is 5.91 Å². The van der Waals surface area contributed by atoms with Gasteiger partial charge in [0, 0.05) is 15.6 Å². The van der Waals surface area contributed by atoms with Crippen LogP contribution in [0.4, 0.5) is 4.79 Å². The van der Waals surface area contributed by atoms with Crippen LogP contribution in [-0.2, 0) is 19.9 Å². The normalized spacial score (nSPS) is 20.0. The second-order valence-electron chi connectivity index (χ2n) is 5.31. The number of benzene rings is 1. The number of urea groups is 1. The van der Waals surface area contributed by atoms with E-state index >= 15 is 0 Å². The fourth-order valence-electron chi connectivity index (χ4n) is 2.30. The number of halogens is 2. The fraction of sp³-hybridized carbons (Fsp3) is 0.286. The predicted molar refractivity (Wildman–Crippen MR) is 86.3 cm³/mol. The first-order valence-corrected chi connectivity index (χ1v) is 7.55. The number of nitrogens with two attached hydrogens (primary N) is 1. The molecule has 1 aliphatic rings. The lowest BCUT2D eigenvalue weighted by atomic mass is 9.92. The number of rotatable bonds is 5. The molecule has 128 valence electrons. The molecule has 5 amide bonds. The Morgan fingerprint density at radius 2 is 2.00 bits per heavy atom. The van der Waals surface area contributed by atoms with Crippen molar-refractivity contribution in [3.63, 3.8) is 0 Å². The van der Waals surface area contributed by atoms with Gasteiger partial charge in [0.1, 0.15) is 12.1 Å². The van der Waals surface area contributed by atoms with Crippen molar-refractivity contribution in [3.8, 4) is 0 Å². The highest BCUT2D eigenvalue weighted by atomic mass is 35.5. The van der Waals surface area contributed by atoms with E-state index in [0.717, 1.165) is 4.90 Å². The minimum absolute atomic E-state index is 0.207. The summed E-state index contributed by atoms with van der Waals surface area (Å²) in [4.78, 5) is 47.8. The van der Waals surface area contributed by atoms with Gasteiger partial charge in [0.05, 0.1) is 6.54 Å². The molecule has 1 aromatic carbocycles. The molecule has 0 bridgehead atoms. The minimum Gasteiger partial charge on any atom is -0.368 e. The molecule has 24 heavy (non-hydrogen) atoms. The Balaban J connectivity index is 2.21. The van der Waals surface area contributed by atoms with E-state index in [1.54, 1.807) is 0 Å². The van der Waals surface area contributed by atoms with Crippen LogP contribution in [0.1, 0.15) is 12.5 Å². The topological polar surface area (TPSA) is 122 Å². The van der Waals surface area contributed by atoms with Gasteiger partial charge in [-0.25, -0.2) is 4.79 Å². The second kappa shape index (κ2) is 6.66. The zero-order valence-corrected chi connectivity index (χ0v) is 14.1. The standard InChI is InChI=1S/C14H14Cl2N4O4/c1-14(8-3-2-7(15)4-9(8)16)12(23)20(13(24)19-14)6-11(22)18-5-10(17)21/h2-4H,5-6H2,1H3,(H2,17,21)(H,18,22)(H,19,24)/t14-/m0/s1. The van der Waals surface area contributed by atoms with Gasteiger partial charge in [-0.05, 0) is 19.1 Å². The maximum Gasteiger partial charge on any atom is 0.325 e. The zero-order chi connectivity index (χ0) is 18.1. The molecule has 0 unspecified atom stereocenters. The van der Waals surface area contributed by atoms with Crippen LogP contribution in [0.15, 0.2) is 18.2 Å². The van der Waals surface area contributed by atoms with Crippen LogP contribution in [0.2, 0.25) is 10.0 Å². The molecule has 0 aromatic heterocycles. The Hall–Kier alpha value is -2.32. The summed E-state index contributed by atoms with van der Waals surface area (Å²) >= 11 is 11.9. The van der Waals surface area contributed by atoms with Crippen molar-refractivity contribution in [2.24, 2.45) is 5.73 Å². The van der Waals surface area contributed by atoms with Crippen LogP contribution in [-0.4, -0.2) is 41.7 Å². The van der Waals surface area contributed by atoms with Gasteiger partial charge in [-0.15, -0.1) is 0 Å². The third-order valence-corrected chi connectivity index (χ3v) is 4.05. The van der Waals surface area contributed by atoms with Crippen molar-refractivity contribution < 1.29 is 19.2 Å². The minimum atomic E-state index is -1.43. The maximum absolute atomic E-state index is 12.6. The van der Waals surface area contributed by atoms with Crippen LogP contribution in [0.25, 0.3) is 0 Å². The first-order chi connectivity index (χ1) is 11.1. The lowest BCUT2D eigenvalue weighted by Crippen LogP contribution is -2.44. The van der Waals surface area contributed by atoms with Gasteiger partial charge in [0.15, 0.2) is 0 Å². The number of hydrogen-bond donors (Lipinski definition) is 3. The molecule has 0 aliphatic carbocycles. The molecule has 1 atom stereocenters. The molecular formula is C14H14Cl2N4O4. The van der Waals surface area contributed by atoms with E-state index in [4.69, 9.17) is 28.9 Å². The third kappa shape index (κ3) is 3.44. The third-order valence-electron chi connectivity index (χ3n) is 3.51. The van der Waals surface area contributed by atoms with E-state index in [-0.39, 0.29) is 11.6 Å². The number of amides is 5. The molecule has 8 nitrogen and oxygen atoms in total. The van der Waals surface area contributed by atoms with E-state index in [2.05, 4.69) is 10.6 Å². The highest BCUT2D eigenvalue weighted by molar-refractivity contribution is 6.35. The Kier molecular flexibility index (Phi) is 5.00. The molecule has 1 aliphatic heterocycles. The lowest BCUT2D eigenvalue weighted by Gasteiger charge is -2.23. The molecule has 4 N–H and O–H groups in total. The summed E-state index contributed by atoms with van der Waals surface area (Å²) in [6.45, 7) is 0.547. The summed E-state index contributed by atoms with van der Waals surface area (Å²) < 4.78 is 0. The lowest BCUT2D eigenvalue weighted by molar-refractivity contribution is -0.135. The molecule has 1 aromatic rings. The van der Waals surface area contributed by atoms with Crippen molar-refractivity contribution in [3.05, 3.63) is 33.8 Å². The average Bonchev–Trinajstić information content (AvgIpc) is 2.69. The number of nitrogens with one attached hydrogen (secondary N) is 2. The number of carbonyl (C=O) groups excluding carboxylic acids is 4. The molecule has 2 rings (SSSR count).